The van der Waals surface area contributed by atoms with Crippen LogP contribution in [0.15, 0.2) is 0 Å². The predicted molar refractivity (Wildman–Crippen MR) is 55.4 cm³/mol. The summed E-state index contributed by atoms with van der Waals surface area (Å²) in [5, 5.41) is 9.99. The Morgan fingerprint density at radius 2 is 1.93 bits per heavy atom. The van der Waals surface area contributed by atoms with E-state index >= 15 is 0 Å². The third-order valence-electron chi connectivity index (χ3n) is 4.73. The van der Waals surface area contributed by atoms with Gasteiger partial charge in [-0.05, 0) is 55.8 Å². The Hall–Kier alpha value is -0.480. The average Bonchev–Trinajstić information content (AvgIpc) is 2.64. The van der Waals surface area contributed by atoms with Crippen LogP contribution in [0.25, 0.3) is 0 Å². The van der Waals surface area contributed by atoms with Crippen LogP contribution in [0.5, 0.6) is 0 Å². The van der Waals surface area contributed by atoms with Crippen molar-refractivity contribution in [1.29, 1.82) is 0 Å². The zero-order valence-electron chi connectivity index (χ0n) is 8.74. The van der Waals surface area contributed by atoms with Gasteiger partial charge in [0.05, 0.1) is 6.10 Å². The molecule has 5 unspecified atom stereocenters. The molecule has 3 aliphatic rings. The lowest BCUT2D eigenvalue weighted by Gasteiger charge is -2.12. The Balaban J connectivity index is 1.64. The van der Waals surface area contributed by atoms with Crippen LogP contribution in [0, 0.1) is 41.4 Å². The summed E-state index contributed by atoms with van der Waals surface area (Å²) in [6.45, 7) is 1.85. The maximum atomic E-state index is 9.99. The van der Waals surface area contributed by atoms with Crippen molar-refractivity contribution in [1.82, 2.24) is 0 Å². The van der Waals surface area contributed by atoms with Crippen molar-refractivity contribution in [3.63, 3.8) is 0 Å². The molecular weight excluding hydrogens is 172 g/mol. The van der Waals surface area contributed by atoms with Crippen molar-refractivity contribution < 1.29 is 5.11 Å². The number of hydrogen-bond donors (Lipinski definition) is 1. The Kier molecular flexibility index (Phi) is 1.89. The molecule has 0 radical (unpaired) electrons. The van der Waals surface area contributed by atoms with Crippen molar-refractivity contribution >= 4 is 0 Å². The minimum Gasteiger partial charge on any atom is -0.392 e. The molecule has 3 saturated carbocycles. The molecule has 0 amide bonds. The Labute approximate surface area is 85.9 Å². The summed E-state index contributed by atoms with van der Waals surface area (Å²) >= 11 is 0. The van der Waals surface area contributed by atoms with Crippen LogP contribution >= 0.6 is 0 Å². The van der Waals surface area contributed by atoms with E-state index in [1.54, 1.807) is 0 Å². The van der Waals surface area contributed by atoms with E-state index in [4.69, 9.17) is 0 Å². The molecular formula is C13H18O. The van der Waals surface area contributed by atoms with Gasteiger partial charge in [-0.1, -0.05) is 0 Å². The monoisotopic (exact) mass is 190 g/mol. The van der Waals surface area contributed by atoms with Crippen LogP contribution < -0.4 is 0 Å². The second-order valence-corrected chi connectivity index (χ2v) is 5.26. The minimum absolute atomic E-state index is 0.124. The van der Waals surface area contributed by atoms with E-state index in [0.29, 0.717) is 12.3 Å². The van der Waals surface area contributed by atoms with Gasteiger partial charge in [0.15, 0.2) is 0 Å². The van der Waals surface area contributed by atoms with Crippen LogP contribution in [0.4, 0.5) is 0 Å². The number of rotatable bonds is 2. The van der Waals surface area contributed by atoms with E-state index < -0.39 is 0 Å². The van der Waals surface area contributed by atoms with Crippen molar-refractivity contribution in [3.05, 3.63) is 0 Å². The van der Waals surface area contributed by atoms with Crippen molar-refractivity contribution in [2.75, 3.05) is 0 Å². The predicted octanol–water partition coefficient (Wildman–Crippen LogP) is 2.05. The first kappa shape index (κ1) is 8.80. The molecule has 0 heterocycles. The fourth-order valence-electron chi connectivity index (χ4n) is 4.25. The second kappa shape index (κ2) is 3.00. The smallest absolute Gasteiger partial charge is 0.0683 e. The highest BCUT2D eigenvalue weighted by atomic mass is 16.3. The van der Waals surface area contributed by atoms with Gasteiger partial charge < -0.3 is 5.11 Å². The molecule has 0 aliphatic heterocycles. The largest absolute Gasteiger partial charge is 0.392 e. The van der Waals surface area contributed by atoms with Gasteiger partial charge in [-0.25, -0.2) is 0 Å². The molecule has 76 valence electrons. The van der Waals surface area contributed by atoms with Crippen LogP contribution in [0.1, 0.15) is 32.6 Å². The topological polar surface area (TPSA) is 20.2 Å². The van der Waals surface area contributed by atoms with E-state index in [1.165, 1.54) is 19.3 Å². The van der Waals surface area contributed by atoms with Crippen molar-refractivity contribution in [2.45, 2.75) is 38.7 Å². The fourth-order valence-corrected chi connectivity index (χ4v) is 4.25. The van der Waals surface area contributed by atoms with E-state index in [1.807, 2.05) is 6.92 Å². The molecule has 0 aromatic carbocycles. The maximum Gasteiger partial charge on any atom is 0.0683 e. The third kappa shape index (κ3) is 1.07. The normalized spacial score (nSPS) is 49.4. The number of fused-ring (bicyclic) bond motifs is 5. The SMILES string of the molecule is CC#CCC(O)C1C2C3CCC(C3)C12. The Morgan fingerprint density at radius 3 is 2.50 bits per heavy atom. The lowest BCUT2D eigenvalue weighted by molar-refractivity contribution is 0.133. The Morgan fingerprint density at radius 1 is 1.29 bits per heavy atom. The van der Waals surface area contributed by atoms with Crippen molar-refractivity contribution in [3.8, 4) is 11.8 Å². The van der Waals surface area contributed by atoms with E-state index in [2.05, 4.69) is 11.8 Å². The summed E-state index contributed by atoms with van der Waals surface area (Å²) in [4.78, 5) is 0. The van der Waals surface area contributed by atoms with E-state index in [-0.39, 0.29) is 6.10 Å². The molecule has 3 fully saturated rings. The van der Waals surface area contributed by atoms with Gasteiger partial charge in [0, 0.05) is 6.42 Å². The molecule has 1 nitrogen and oxygen atoms in total. The first-order chi connectivity index (χ1) is 6.83. The van der Waals surface area contributed by atoms with Gasteiger partial charge in [-0.3, -0.25) is 0 Å². The molecule has 0 saturated heterocycles. The second-order valence-electron chi connectivity index (χ2n) is 5.26. The van der Waals surface area contributed by atoms with E-state index in [0.717, 1.165) is 23.7 Å². The van der Waals surface area contributed by atoms with Gasteiger partial charge in [-0.15, -0.1) is 11.8 Å². The lowest BCUT2D eigenvalue weighted by Crippen LogP contribution is -2.14. The standard InChI is InChI=1S/C13H18O/c1-2-3-4-10(14)13-11-8-5-6-9(7-8)12(11)13/h8-14H,4-7H2,1H3. The van der Waals surface area contributed by atoms with Crippen molar-refractivity contribution in [2.24, 2.45) is 29.6 Å². The highest BCUT2D eigenvalue weighted by Crippen LogP contribution is 2.70. The highest BCUT2D eigenvalue weighted by Gasteiger charge is 2.66. The molecule has 1 N–H and O–H groups in total. The van der Waals surface area contributed by atoms with E-state index in [9.17, 15) is 5.11 Å². The molecule has 2 bridgehead atoms. The summed E-state index contributed by atoms with van der Waals surface area (Å²) < 4.78 is 0. The molecule has 1 heteroatoms. The lowest BCUT2D eigenvalue weighted by atomic mass is 9.97. The minimum atomic E-state index is -0.124. The van der Waals surface area contributed by atoms with Gasteiger partial charge in [0.2, 0.25) is 0 Å². The molecule has 0 spiro atoms. The van der Waals surface area contributed by atoms with Crippen LogP contribution in [0.2, 0.25) is 0 Å². The zero-order valence-corrected chi connectivity index (χ0v) is 8.74. The molecule has 3 rings (SSSR count). The van der Waals surface area contributed by atoms with Gasteiger partial charge in [-0.2, -0.15) is 0 Å². The van der Waals surface area contributed by atoms with Crippen LogP contribution in [0.3, 0.4) is 0 Å². The summed E-state index contributed by atoms with van der Waals surface area (Å²) in [7, 11) is 0. The molecule has 5 atom stereocenters. The Bertz CT molecular complexity index is 282. The zero-order chi connectivity index (χ0) is 9.71. The van der Waals surface area contributed by atoms with Gasteiger partial charge >= 0.3 is 0 Å². The maximum absolute atomic E-state index is 9.99. The highest BCUT2D eigenvalue weighted by molar-refractivity contribution is 5.15. The van der Waals surface area contributed by atoms with Gasteiger partial charge in [0.1, 0.15) is 0 Å². The summed E-state index contributed by atoms with van der Waals surface area (Å²) in [5.74, 6) is 10.2. The van der Waals surface area contributed by atoms with Crippen LogP contribution in [-0.2, 0) is 0 Å². The number of aliphatic hydroxyl groups is 1. The molecule has 0 aromatic rings. The van der Waals surface area contributed by atoms with Crippen LogP contribution in [-0.4, -0.2) is 11.2 Å². The molecule has 3 aliphatic carbocycles. The fraction of sp³-hybridized carbons (Fsp3) is 0.846. The first-order valence-electron chi connectivity index (χ1n) is 5.90. The van der Waals surface area contributed by atoms with Gasteiger partial charge in [0.25, 0.3) is 0 Å². The number of aliphatic hydroxyl groups excluding tert-OH is 1. The summed E-state index contributed by atoms with van der Waals surface area (Å²) in [6, 6.07) is 0. The quantitative estimate of drug-likeness (QED) is 0.661. The summed E-state index contributed by atoms with van der Waals surface area (Å²) in [6.07, 6.45) is 4.93. The first-order valence-corrected chi connectivity index (χ1v) is 5.90. The third-order valence-corrected chi connectivity index (χ3v) is 4.73. The summed E-state index contributed by atoms with van der Waals surface area (Å²) in [5.41, 5.74) is 0. The number of hydrogen-bond acceptors (Lipinski definition) is 1. The molecule has 14 heavy (non-hydrogen) atoms. The average molecular weight is 190 g/mol. The molecule has 0 aromatic heterocycles.